The van der Waals surface area contributed by atoms with Gasteiger partial charge in [-0.2, -0.15) is 10.2 Å². The van der Waals surface area contributed by atoms with E-state index in [2.05, 4.69) is 10.2 Å². The predicted molar refractivity (Wildman–Crippen MR) is 83.2 cm³/mol. The Balaban J connectivity index is 1.96. The van der Waals surface area contributed by atoms with Crippen LogP contribution in [0.1, 0.15) is 6.92 Å². The summed E-state index contributed by atoms with van der Waals surface area (Å²) in [5.41, 5.74) is 8.13. The van der Waals surface area contributed by atoms with E-state index in [1.54, 1.807) is 6.08 Å². The average Bonchev–Trinajstić information content (AvgIpc) is 2.51. The number of benzene rings is 2. The molecule has 0 spiro atoms. The van der Waals surface area contributed by atoms with Crippen molar-refractivity contribution in [2.75, 3.05) is 5.73 Å². The molecule has 1 aliphatic heterocycles. The van der Waals surface area contributed by atoms with Crippen molar-refractivity contribution in [2.45, 2.75) is 13.1 Å². The Morgan fingerprint density at radius 1 is 1.14 bits per heavy atom. The number of hydrogen-bond donors (Lipinski definition) is 2. The number of azo groups is 1. The van der Waals surface area contributed by atoms with E-state index in [1.165, 1.54) is 0 Å². The fourth-order valence-corrected chi connectivity index (χ4v) is 2.26. The van der Waals surface area contributed by atoms with Crippen LogP contribution in [0.25, 0.3) is 10.8 Å². The summed E-state index contributed by atoms with van der Waals surface area (Å²) in [4.78, 5) is 0. The fourth-order valence-electron chi connectivity index (χ4n) is 2.26. The zero-order chi connectivity index (χ0) is 14.8. The number of hydrogen-bond acceptors (Lipinski definition) is 5. The van der Waals surface area contributed by atoms with Gasteiger partial charge in [-0.1, -0.05) is 30.3 Å². The highest BCUT2D eigenvalue weighted by atomic mass is 16.5. The molecule has 1 heterocycles. The SMILES string of the molecule is CC1=CC=CC(N=Nc2ccc(N)c3ccccc23)N1O. The summed E-state index contributed by atoms with van der Waals surface area (Å²) in [6, 6.07) is 11.4. The molecule has 2 aromatic carbocycles. The van der Waals surface area contributed by atoms with Gasteiger partial charge in [-0.25, -0.2) is 5.06 Å². The summed E-state index contributed by atoms with van der Waals surface area (Å²) in [5.74, 6) is 0. The number of anilines is 1. The van der Waals surface area contributed by atoms with Gasteiger partial charge in [0.2, 0.25) is 0 Å². The van der Waals surface area contributed by atoms with Crippen LogP contribution in [0.2, 0.25) is 0 Å². The molecule has 1 unspecified atom stereocenters. The molecule has 1 aliphatic rings. The lowest BCUT2D eigenvalue weighted by Crippen LogP contribution is -2.28. The van der Waals surface area contributed by atoms with Crippen LogP contribution in [0.4, 0.5) is 11.4 Å². The minimum absolute atomic E-state index is 0.508. The van der Waals surface area contributed by atoms with E-state index in [9.17, 15) is 5.21 Å². The van der Waals surface area contributed by atoms with Crippen LogP contribution in [-0.4, -0.2) is 16.4 Å². The van der Waals surface area contributed by atoms with Gasteiger partial charge in [0.05, 0.1) is 5.69 Å². The van der Waals surface area contributed by atoms with Gasteiger partial charge in [0, 0.05) is 22.2 Å². The van der Waals surface area contributed by atoms with Crippen LogP contribution in [0.15, 0.2) is 70.6 Å². The summed E-state index contributed by atoms with van der Waals surface area (Å²) in [6.07, 6.45) is 4.93. The quantitative estimate of drug-likeness (QED) is 0.645. The topological polar surface area (TPSA) is 74.2 Å². The Kier molecular flexibility index (Phi) is 3.41. The van der Waals surface area contributed by atoms with E-state index in [0.29, 0.717) is 5.69 Å². The first-order valence-electron chi connectivity index (χ1n) is 6.68. The van der Waals surface area contributed by atoms with E-state index >= 15 is 0 Å². The van der Waals surface area contributed by atoms with Crippen LogP contribution in [0.3, 0.4) is 0 Å². The molecule has 0 bridgehead atoms. The zero-order valence-electron chi connectivity index (χ0n) is 11.6. The minimum atomic E-state index is -0.508. The number of fused-ring (bicyclic) bond motifs is 1. The number of hydroxylamine groups is 2. The molecule has 0 radical (unpaired) electrons. The van der Waals surface area contributed by atoms with Crippen LogP contribution < -0.4 is 5.73 Å². The monoisotopic (exact) mass is 280 g/mol. The highest BCUT2D eigenvalue weighted by Gasteiger charge is 2.15. The Labute approximate surface area is 122 Å². The number of rotatable bonds is 2. The lowest BCUT2D eigenvalue weighted by atomic mass is 10.1. The Morgan fingerprint density at radius 3 is 2.71 bits per heavy atom. The van der Waals surface area contributed by atoms with E-state index in [1.807, 2.05) is 55.5 Å². The molecule has 21 heavy (non-hydrogen) atoms. The van der Waals surface area contributed by atoms with Crippen molar-refractivity contribution >= 4 is 22.1 Å². The first-order chi connectivity index (χ1) is 10.2. The lowest BCUT2D eigenvalue weighted by molar-refractivity contribution is -0.0788. The number of nitrogens with zero attached hydrogens (tertiary/aromatic N) is 3. The third-order valence-corrected chi connectivity index (χ3v) is 3.45. The number of nitrogens with two attached hydrogens (primary N) is 1. The predicted octanol–water partition coefficient (Wildman–Crippen LogP) is 4.00. The summed E-state index contributed by atoms with van der Waals surface area (Å²) in [6.45, 7) is 1.81. The number of nitrogen functional groups attached to an aromatic ring is 1. The Morgan fingerprint density at radius 2 is 1.90 bits per heavy atom. The molecular formula is C16H16N4O. The second-order valence-corrected chi connectivity index (χ2v) is 4.89. The molecule has 5 heteroatoms. The van der Waals surface area contributed by atoms with Gasteiger partial charge in [0.15, 0.2) is 6.17 Å². The van der Waals surface area contributed by atoms with Crippen LogP contribution >= 0.6 is 0 Å². The van der Waals surface area contributed by atoms with Crippen molar-refractivity contribution < 1.29 is 5.21 Å². The van der Waals surface area contributed by atoms with E-state index in [-0.39, 0.29) is 0 Å². The van der Waals surface area contributed by atoms with E-state index in [0.717, 1.165) is 27.2 Å². The van der Waals surface area contributed by atoms with Crippen molar-refractivity contribution in [3.63, 3.8) is 0 Å². The summed E-state index contributed by atoms with van der Waals surface area (Å²) in [5, 5.41) is 21.4. The molecule has 3 rings (SSSR count). The van der Waals surface area contributed by atoms with Crippen molar-refractivity contribution in [1.29, 1.82) is 0 Å². The molecule has 106 valence electrons. The van der Waals surface area contributed by atoms with Crippen molar-refractivity contribution in [2.24, 2.45) is 10.2 Å². The van der Waals surface area contributed by atoms with Gasteiger partial charge in [0.25, 0.3) is 0 Å². The normalized spacial score (nSPS) is 18.5. The first-order valence-corrected chi connectivity index (χ1v) is 6.68. The standard InChI is InChI=1S/C16H16N4O/c1-11-5-4-8-16(20(11)21)19-18-15-10-9-14(17)12-6-2-3-7-13(12)15/h2-10,16,21H,17H2,1H3. The Bertz CT molecular complexity index is 764. The molecule has 0 aromatic heterocycles. The van der Waals surface area contributed by atoms with Crippen molar-refractivity contribution in [1.82, 2.24) is 5.06 Å². The molecule has 5 nitrogen and oxygen atoms in total. The largest absolute Gasteiger partial charge is 0.398 e. The van der Waals surface area contributed by atoms with Gasteiger partial charge < -0.3 is 5.73 Å². The highest BCUT2D eigenvalue weighted by molar-refractivity contribution is 5.99. The van der Waals surface area contributed by atoms with E-state index in [4.69, 9.17) is 5.73 Å². The second kappa shape index (κ2) is 5.38. The molecule has 0 saturated heterocycles. The molecular weight excluding hydrogens is 264 g/mol. The highest BCUT2D eigenvalue weighted by Crippen LogP contribution is 2.30. The van der Waals surface area contributed by atoms with Gasteiger partial charge >= 0.3 is 0 Å². The molecule has 0 saturated carbocycles. The van der Waals surface area contributed by atoms with Gasteiger partial charge in [-0.05, 0) is 31.2 Å². The maximum absolute atomic E-state index is 9.91. The first kappa shape index (κ1) is 13.3. The lowest BCUT2D eigenvalue weighted by Gasteiger charge is -2.23. The minimum Gasteiger partial charge on any atom is -0.398 e. The van der Waals surface area contributed by atoms with Crippen LogP contribution in [0, 0.1) is 0 Å². The molecule has 0 fully saturated rings. The summed E-state index contributed by atoms with van der Waals surface area (Å²) < 4.78 is 0. The van der Waals surface area contributed by atoms with Gasteiger partial charge in [0.1, 0.15) is 0 Å². The maximum Gasteiger partial charge on any atom is 0.184 e. The molecule has 3 N–H and O–H groups in total. The fraction of sp³-hybridized carbons (Fsp3) is 0.125. The molecule has 2 aromatic rings. The molecule has 0 amide bonds. The van der Waals surface area contributed by atoms with Crippen molar-refractivity contribution in [3.8, 4) is 0 Å². The summed E-state index contributed by atoms with van der Waals surface area (Å²) in [7, 11) is 0. The second-order valence-electron chi connectivity index (χ2n) is 4.89. The van der Waals surface area contributed by atoms with Crippen LogP contribution in [-0.2, 0) is 0 Å². The van der Waals surface area contributed by atoms with Gasteiger partial charge in [-0.3, -0.25) is 5.21 Å². The smallest absolute Gasteiger partial charge is 0.184 e. The van der Waals surface area contributed by atoms with E-state index < -0.39 is 6.17 Å². The average molecular weight is 280 g/mol. The van der Waals surface area contributed by atoms with Crippen molar-refractivity contribution in [3.05, 3.63) is 60.3 Å². The third kappa shape index (κ3) is 2.51. The Hall–Kier alpha value is -2.66. The zero-order valence-corrected chi connectivity index (χ0v) is 11.6. The number of allylic oxidation sites excluding steroid dienone is 3. The van der Waals surface area contributed by atoms with Gasteiger partial charge in [-0.15, -0.1) is 0 Å². The summed E-state index contributed by atoms with van der Waals surface area (Å²) >= 11 is 0. The third-order valence-electron chi connectivity index (χ3n) is 3.45. The molecule has 0 aliphatic carbocycles. The molecule has 1 atom stereocenters. The maximum atomic E-state index is 9.91. The van der Waals surface area contributed by atoms with Crippen LogP contribution in [0.5, 0.6) is 0 Å².